The topological polar surface area (TPSA) is 47.9 Å². The van der Waals surface area contributed by atoms with E-state index in [0.717, 1.165) is 25.7 Å². The Balaban J connectivity index is 1.79. The maximum Gasteiger partial charge on any atom is 0.356 e. The number of hydrogen-bond acceptors (Lipinski definition) is 4. The van der Waals surface area contributed by atoms with E-state index >= 15 is 0 Å². The predicted octanol–water partition coefficient (Wildman–Crippen LogP) is 5.50. The number of carbonyl (C=O) groups is 1. The number of esters is 1. The number of rotatable bonds is 6. The van der Waals surface area contributed by atoms with E-state index in [1.807, 2.05) is 6.07 Å². The molecule has 28 heavy (non-hydrogen) atoms. The summed E-state index contributed by atoms with van der Waals surface area (Å²) in [4.78, 5) is 18.5. The van der Waals surface area contributed by atoms with Crippen molar-refractivity contribution < 1.29 is 14.4 Å². The van der Waals surface area contributed by atoms with E-state index in [4.69, 9.17) is 9.57 Å². The lowest BCUT2D eigenvalue weighted by Gasteiger charge is -2.44. The van der Waals surface area contributed by atoms with Gasteiger partial charge in [0.2, 0.25) is 0 Å². The van der Waals surface area contributed by atoms with Gasteiger partial charge in [0.05, 0.1) is 5.92 Å². The van der Waals surface area contributed by atoms with E-state index in [0.29, 0.717) is 17.5 Å². The van der Waals surface area contributed by atoms with Gasteiger partial charge in [-0.05, 0) is 42.6 Å². The lowest BCUT2D eigenvalue weighted by Crippen LogP contribution is -2.44. The van der Waals surface area contributed by atoms with Gasteiger partial charge in [0, 0.05) is 5.92 Å². The Morgan fingerprint density at radius 2 is 1.89 bits per heavy atom. The molecule has 0 spiro atoms. The van der Waals surface area contributed by atoms with Crippen molar-refractivity contribution in [3.63, 3.8) is 0 Å². The van der Waals surface area contributed by atoms with Crippen LogP contribution in [-0.2, 0) is 19.8 Å². The summed E-state index contributed by atoms with van der Waals surface area (Å²) in [5.41, 5.74) is 1.72. The molecule has 154 valence electrons. The zero-order chi connectivity index (χ0) is 20.3. The first-order chi connectivity index (χ1) is 13.4. The van der Waals surface area contributed by atoms with Crippen molar-refractivity contribution in [2.45, 2.75) is 84.3 Å². The Labute approximate surface area is 169 Å². The Morgan fingerprint density at radius 3 is 2.54 bits per heavy atom. The summed E-state index contributed by atoms with van der Waals surface area (Å²) in [7, 11) is 0. The van der Waals surface area contributed by atoms with E-state index < -0.39 is 0 Å². The molecule has 0 N–H and O–H groups in total. The minimum atomic E-state index is -0.282. The first-order valence-corrected chi connectivity index (χ1v) is 10.9. The van der Waals surface area contributed by atoms with Gasteiger partial charge in [0.1, 0.15) is 12.2 Å². The van der Waals surface area contributed by atoms with Gasteiger partial charge in [-0.25, -0.2) is 4.79 Å². The molecule has 0 saturated heterocycles. The SMILES string of the molecule is CC[C@H]1ON=C(C(=O)O[C@@H]2C[C@H](C)CC[C@H]2C(C)(C)c2ccccc2)[C@@H]1CC. The monoisotopic (exact) mass is 385 g/mol. The largest absolute Gasteiger partial charge is 0.457 e. The third-order valence-corrected chi connectivity index (χ3v) is 6.89. The molecule has 1 aliphatic carbocycles. The summed E-state index contributed by atoms with van der Waals surface area (Å²) in [6.45, 7) is 11.0. The van der Waals surface area contributed by atoms with Crippen LogP contribution >= 0.6 is 0 Å². The zero-order valence-electron chi connectivity index (χ0n) is 18.0. The lowest BCUT2D eigenvalue weighted by molar-refractivity contribution is -0.148. The molecule has 1 aliphatic heterocycles. The Morgan fingerprint density at radius 1 is 1.18 bits per heavy atom. The molecule has 4 nitrogen and oxygen atoms in total. The number of oxime groups is 1. The molecule has 0 unspecified atom stereocenters. The summed E-state index contributed by atoms with van der Waals surface area (Å²) < 4.78 is 6.14. The second-order valence-electron chi connectivity index (χ2n) is 9.10. The normalized spacial score (nSPS) is 30.5. The average molecular weight is 386 g/mol. The molecule has 1 aromatic carbocycles. The summed E-state index contributed by atoms with van der Waals surface area (Å²) >= 11 is 0. The minimum Gasteiger partial charge on any atom is -0.457 e. The maximum absolute atomic E-state index is 13.0. The van der Waals surface area contributed by atoms with Crippen molar-refractivity contribution >= 4 is 11.7 Å². The molecule has 0 radical (unpaired) electrons. The van der Waals surface area contributed by atoms with Crippen LogP contribution in [0.3, 0.4) is 0 Å². The lowest BCUT2D eigenvalue weighted by atomic mass is 9.64. The minimum absolute atomic E-state index is 0.00520. The molecule has 0 aromatic heterocycles. The van der Waals surface area contributed by atoms with Gasteiger partial charge in [-0.15, -0.1) is 0 Å². The molecule has 1 heterocycles. The zero-order valence-corrected chi connectivity index (χ0v) is 18.0. The number of hydrogen-bond donors (Lipinski definition) is 0. The molecule has 1 saturated carbocycles. The van der Waals surface area contributed by atoms with Crippen LogP contribution in [0.15, 0.2) is 35.5 Å². The van der Waals surface area contributed by atoms with Crippen LogP contribution in [0, 0.1) is 17.8 Å². The van der Waals surface area contributed by atoms with E-state index in [-0.39, 0.29) is 29.5 Å². The van der Waals surface area contributed by atoms with Crippen LogP contribution in [0.2, 0.25) is 0 Å². The summed E-state index contributed by atoms with van der Waals surface area (Å²) in [6.07, 6.45) is 4.75. The Bertz CT molecular complexity index is 697. The molecule has 1 aromatic rings. The fourth-order valence-corrected chi connectivity index (χ4v) is 5.01. The van der Waals surface area contributed by atoms with Crippen LogP contribution in [0.4, 0.5) is 0 Å². The highest BCUT2D eigenvalue weighted by molar-refractivity contribution is 6.37. The summed E-state index contributed by atoms with van der Waals surface area (Å²) in [6, 6.07) is 10.6. The fraction of sp³-hybridized carbons (Fsp3) is 0.667. The van der Waals surface area contributed by atoms with Gasteiger partial charge < -0.3 is 9.57 Å². The molecule has 4 heteroatoms. The molecule has 5 atom stereocenters. The smallest absolute Gasteiger partial charge is 0.356 e. The van der Waals surface area contributed by atoms with E-state index in [9.17, 15) is 4.79 Å². The third-order valence-electron chi connectivity index (χ3n) is 6.89. The second kappa shape index (κ2) is 8.67. The number of carbonyl (C=O) groups excluding carboxylic acids is 1. The van der Waals surface area contributed by atoms with Crippen LogP contribution in [-0.4, -0.2) is 23.9 Å². The standard InChI is InChI=1S/C24H35NO3/c1-6-18-20(7-2)28-25-22(18)23(26)27-21-15-16(3)13-14-19(21)24(4,5)17-11-9-8-10-12-17/h8-12,16,18-21H,6-7,13-15H2,1-5H3/t16-,18-,19-,20-,21-/m1/s1. The summed E-state index contributed by atoms with van der Waals surface area (Å²) in [5.74, 6) is 0.614. The van der Waals surface area contributed by atoms with Gasteiger partial charge in [-0.3, -0.25) is 0 Å². The molecular weight excluding hydrogens is 350 g/mol. The van der Waals surface area contributed by atoms with Crippen molar-refractivity contribution in [1.82, 2.24) is 0 Å². The van der Waals surface area contributed by atoms with Gasteiger partial charge in [-0.2, -0.15) is 0 Å². The predicted molar refractivity (Wildman–Crippen MR) is 112 cm³/mol. The highest BCUT2D eigenvalue weighted by atomic mass is 16.6. The molecule has 0 amide bonds. The van der Waals surface area contributed by atoms with Crippen molar-refractivity contribution in [2.24, 2.45) is 22.9 Å². The first-order valence-electron chi connectivity index (χ1n) is 10.9. The molecule has 2 aliphatic rings. The van der Waals surface area contributed by atoms with Crippen LogP contribution in [0.1, 0.15) is 72.3 Å². The highest BCUT2D eigenvalue weighted by Crippen LogP contribution is 2.43. The van der Waals surface area contributed by atoms with Crippen molar-refractivity contribution in [1.29, 1.82) is 0 Å². The molecule has 0 bridgehead atoms. The highest BCUT2D eigenvalue weighted by Gasteiger charge is 2.44. The van der Waals surface area contributed by atoms with E-state index in [1.165, 1.54) is 12.0 Å². The van der Waals surface area contributed by atoms with Crippen molar-refractivity contribution in [2.75, 3.05) is 0 Å². The Kier molecular flexibility index (Phi) is 6.47. The van der Waals surface area contributed by atoms with Crippen molar-refractivity contribution in [3.8, 4) is 0 Å². The third kappa shape index (κ3) is 4.11. The summed E-state index contributed by atoms with van der Waals surface area (Å²) in [5, 5.41) is 4.11. The molecular formula is C24H35NO3. The van der Waals surface area contributed by atoms with Gasteiger partial charge >= 0.3 is 5.97 Å². The quantitative estimate of drug-likeness (QED) is 0.607. The first kappa shape index (κ1) is 20.9. The van der Waals surface area contributed by atoms with E-state index in [1.54, 1.807) is 0 Å². The number of ether oxygens (including phenoxy) is 1. The van der Waals surface area contributed by atoms with Gasteiger partial charge in [0.15, 0.2) is 5.71 Å². The van der Waals surface area contributed by atoms with Crippen LogP contribution in [0.5, 0.6) is 0 Å². The van der Waals surface area contributed by atoms with Crippen molar-refractivity contribution in [3.05, 3.63) is 35.9 Å². The van der Waals surface area contributed by atoms with E-state index in [2.05, 4.69) is 64.0 Å². The van der Waals surface area contributed by atoms with Crippen LogP contribution in [0.25, 0.3) is 0 Å². The molecule has 1 fully saturated rings. The number of benzene rings is 1. The van der Waals surface area contributed by atoms with Crippen LogP contribution < -0.4 is 0 Å². The molecule has 3 rings (SSSR count). The fourth-order valence-electron chi connectivity index (χ4n) is 5.01. The Hall–Kier alpha value is -1.84. The average Bonchev–Trinajstić information content (AvgIpc) is 3.11. The second-order valence-corrected chi connectivity index (χ2v) is 9.10. The van der Waals surface area contributed by atoms with Gasteiger partial charge in [-0.1, -0.05) is 76.5 Å². The maximum atomic E-state index is 13.0. The van der Waals surface area contributed by atoms with Gasteiger partial charge in [0.25, 0.3) is 0 Å². The number of nitrogens with zero attached hydrogens (tertiary/aromatic N) is 1.